The van der Waals surface area contributed by atoms with E-state index in [0.29, 0.717) is 22.8 Å². The summed E-state index contributed by atoms with van der Waals surface area (Å²) in [6.45, 7) is 8.92. The Labute approximate surface area is 168 Å². The molecule has 0 aliphatic heterocycles. The third kappa shape index (κ3) is 3.97. The molecule has 3 rings (SSSR count). The first-order valence-corrected chi connectivity index (χ1v) is 9.24. The zero-order chi connectivity index (χ0) is 21.3. The van der Waals surface area contributed by atoms with Gasteiger partial charge < -0.3 is 9.30 Å². The first-order valence-electron chi connectivity index (χ1n) is 9.24. The van der Waals surface area contributed by atoms with Gasteiger partial charge in [-0.25, -0.2) is 8.78 Å². The van der Waals surface area contributed by atoms with Crippen molar-refractivity contribution >= 4 is 0 Å². The van der Waals surface area contributed by atoms with Crippen LogP contribution in [0.5, 0.6) is 5.75 Å². The van der Waals surface area contributed by atoms with Gasteiger partial charge in [0.15, 0.2) is 34.6 Å². The highest BCUT2D eigenvalue weighted by molar-refractivity contribution is 5.57. The van der Waals surface area contributed by atoms with Gasteiger partial charge in [0.05, 0.1) is 11.6 Å². The lowest BCUT2D eigenvalue weighted by atomic mass is 10.1. The second kappa shape index (κ2) is 7.63. The first kappa shape index (κ1) is 20.5. The maximum Gasteiger partial charge on any atom is 0.192 e. The third-order valence-corrected chi connectivity index (χ3v) is 4.52. The number of halogens is 2. The molecular formula is C22H22F2N4O. The number of hydrogen-bond donors (Lipinski definition) is 0. The van der Waals surface area contributed by atoms with Crippen molar-refractivity contribution in [1.29, 1.82) is 5.26 Å². The van der Waals surface area contributed by atoms with Crippen LogP contribution in [-0.4, -0.2) is 14.8 Å². The summed E-state index contributed by atoms with van der Waals surface area (Å²) in [7, 11) is 0. The average Bonchev–Trinajstić information content (AvgIpc) is 3.11. The van der Waals surface area contributed by atoms with Gasteiger partial charge in [0.1, 0.15) is 0 Å². The Morgan fingerprint density at radius 2 is 1.66 bits per heavy atom. The first-order chi connectivity index (χ1) is 13.6. The molecule has 0 radical (unpaired) electrons. The van der Waals surface area contributed by atoms with Crippen LogP contribution in [0.2, 0.25) is 0 Å². The van der Waals surface area contributed by atoms with Crippen LogP contribution in [0.25, 0.3) is 11.4 Å². The third-order valence-electron chi connectivity index (χ3n) is 4.52. The zero-order valence-electron chi connectivity index (χ0n) is 17.0. The van der Waals surface area contributed by atoms with Crippen LogP contribution in [0, 0.1) is 29.9 Å². The Morgan fingerprint density at radius 1 is 1.07 bits per heavy atom. The van der Waals surface area contributed by atoms with E-state index in [1.165, 1.54) is 12.1 Å². The predicted octanol–water partition coefficient (Wildman–Crippen LogP) is 5.30. The average molecular weight is 396 g/mol. The molecule has 2 aromatic carbocycles. The summed E-state index contributed by atoms with van der Waals surface area (Å²) >= 11 is 0. The van der Waals surface area contributed by atoms with Gasteiger partial charge >= 0.3 is 0 Å². The molecule has 7 heteroatoms. The lowest BCUT2D eigenvalue weighted by Gasteiger charge is -2.28. The summed E-state index contributed by atoms with van der Waals surface area (Å²) in [6.07, 6.45) is 0. The molecule has 0 saturated carbocycles. The van der Waals surface area contributed by atoms with Crippen molar-refractivity contribution < 1.29 is 13.5 Å². The molecule has 5 nitrogen and oxygen atoms in total. The molecule has 0 unspecified atom stereocenters. The van der Waals surface area contributed by atoms with Crippen molar-refractivity contribution in [3.63, 3.8) is 0 Å². The maximum atomic E-state index is 14.3. The van der Waals surface area contributed by atoms with E-state index in [-0.39, 0.29) is 6.04 Å². The van der Waals surface area contributed by atoms with Crippen LogP contribution in [-0.2, 0) is 5.60 Å². The summed E-state index contributed by atoms with van der Waals surface area (Å²) in [4.78, 5) is 0. The SMILES string of the molecule is Cc1cc(F)c(OC(C)(C)c2nnc(-c3ccc(C#N)cc3)n2C(C)C)c(F)c1. The molecule has 0 fully saturated rings. The fourth-order valence-corrected chi connectivity index (χ4v) is 3.17. The highest BCUT2D eigenvalue weighted by atomic mass is 19.1. The van der Waals surface area contributed by atoms with Gasteiger partial charge in [-0.1, -0.05) is 0 Å². The quantitative estimate of drug-likeness (QED) is 0.587. The Bertz CT molecular complexity index is 1060. The summed E-state index contributed by atoms with van der Waals surface area (Å²) in [5, 5.41) is 17.6. The zero-order valence-corrected chi connectivity index (χ0v) is 17.0. The van der Waals surface area contributed by atoms with E-state index >= 15 is 0 Å². The van der Waals surface area contributed by atoms with Crippen LogP contribution in [0.1, 0.15) is 50.7 Å². The van der Waals surface area contributed by atoms with Gasteiger partial charge in [0.2, 0.25) is 0 Å². The summed E-state index contributed by atoms with van der Waals surface area (Å²) in [5.41, 5.74) is 0.635. The lowest BCUT2D eigenvalue weighted by molar-refractivity contribution is 0.0814. The van der Waals surface area contributed by atoms with Crippen LogP contribution < -0.4 is 4.74 Å². The van der Waals surface area contributed by atoms with Crippen LogP contribution in [0.15, 0.2) is 36.4 Å². The number of nitriles is 1. The second-order valence-corrected chi connectivity index (χ2v) is 7.67. The molecule has 0 amide bonds. The highest BCUT2D eigenvalue weighted by Gasteiger charge is 2.34. The van der Waals surface area contributed by atoms with Crippen LogP contribution in [0.4, 0.5) is 8.78 Å². The molecule has 0 atom stereocenters. The van der Waals surface area contributed by atoms with Crippen molar-refractivity contribution in [1.82, 2.24) is 14.8 Å². The normalized spacial score (nSPS) is 11.6. The number of nitrogens with zero attached hydrogens (tertiary/aromatic N) is 4. The molecule has 3 aromatic rings. The van der Waals surface area contributed by atoms with Crippen LogP contribution >= 0.6 is 0 Å². The smallest absolute Gasteiger partial charge is 0.192 e. The fraction of sp³-hybridized carbons (Fsp3) is 0.318. The lowest BCUT2D eigenvalue weighted by Crippen LogP contribution is -2.31. The molecule has 0 spiro atoms. The number of aromatic nitrogens is 3. The highest BCUT2D eigenvalue weighted by Crippen LogP contribution is 2.34. The second-order valence-electron chi connectivity index (χ2n) is 7.67. The van der Waals surface area contributed by atoms with E-state index in [9.17, 15) is 8.78 Å². The molecule has 0 saturated heterocycles. The number of rotatable bonds is 5. The number of aryl methyl sites for hydroxylation is 1. The standard InChI is InChI=1S/C22H22F2N4O/c1-13(2)28-20(16-8-6-15(12-25)7-9-16)26-27-21(28)22(4,5)29-19-17(23)10-14(3)11-18(19)24/h6-11,13H,1-5H3. The van der Waals surface area contributed by atoms with Crippen molar-refractivity contribution in [3.05, 3.63) is 65.0 Å². The number of hydrogen-bond acceptors (Lipinski definition) is 4. The topological polar surface area (TPSA) is 63.7 Å². The minimum atomic E-state index is -1.15. The Balaban J connectivity index is 2.06. The Morgan fingerprint density at radius 3 is 2.17 bits per heavy atom. The Hall–Kier alpha value is -3.27. The van der Waals surface area contributed by atoms with Gasteiger partial charge in [-0.15, -0.1) is 10.2 Å². The minimum absolute atomic E-state index is 0.0405. The number of benzene rings is 2. The van der Waals surface area contributed by atoms with E-state index in [0.717, 1.165) is 5.56 Å². The molecule has 1 heterocycles. The number of ether oxygens (including phenoxy) is 1. The van der Waals surface area contributed by atoms with Crippen molar-refractivity contribution in [3.8, 4) is 23.2 Å². The molecule has 0 N–H and O–H groups in total. The molecule has 0 bridgehead atoms. The van der Waals surface area contributed by atoms with E-state index < -0.39 is 23.0 Å². The summed E-state index contributed by atoms with van der Waals surface area (Å²) < 4.78 is 36.3. The Kier molecular flexibility index (Phi) is 5.38. The van der Waals surface area contributed by atoms with E-state index in [1.807, 2.05) is 18.4 Å². The fourth-order valence-electron chi connectivity index (χ4n) is 3.17. The van der Waals surface area contributed by atoms with E-state index in [2.05, 4.69) is 16.3 Å². The van der Waals surface area contributed by atoms with Gasteiger partial charge in [-0.3, -0.25) is 0 Å². The van der Waals surface area contributed by atoms with Crippen LogP contribution in [0.3, 0.4) is 0 Å². The molecule has 1 aromatic heterocycles. The summed E-state index contributed by atoms with van der Waals surface area (Å²) in [6, 6.07) is 11.5. The van der Waals surface area contributed by atoms with Gasteiger partial charge in [-0.05, 0) is 76.6 Å². The monoisotopic (exact) mass is 396 g/mol. The minimum Gasteiger partial charge on any atom is -0.474 e. The van der Waals surface area contributed by atoms with Gasteiger partial charge in [0.25, 0.3) is 0 Å². The van der Waals surface area contributed by atoms with Crippen molar-refractivity contribution in [2.24, 2.45) is 0 Å². The van der Waals surface area contributed by atoms with Crippen molar-refractivity contribution in [2.75, 3.05) is 0 Å². The van der Waals surface area contributed by atoms with E-state index in [1.54, 1.807) is 45.0 Å². The van der Waals surface area contributed by atoms with Gasteiger partial charge in [-0.2, -0.15) is 5.26 Å². The molecule has 0 aliphatic rings. The maximum absolute atomic E-state index is 14.3. The predicted molar refractivity (Wildman–Crippen MR) is 105 cm³/mol. The van der Waals surface area contributed by atoms with Gasteiger partial charge in [0, 0.05) is 11.6 Å². The largest absolute Gasteiger partial charge is 0.474 e. The van der Waals surface area contributed by atoms with Crippen molar-refractivity contribution in [2.45, 2.75) is 46.3 Å². The molecule has 150 valence electrons. The molecule has 0 aliphatic carbocycles. The van der Waals surface area contributed by atoms with E-state index in [4.69, 9.17) is 10.00 Å². The molecule has 29 heavy (non-hydrogen) atoms. The summed E-state index contributed by atoms with van der Waals surface area (Å²) in [5.74, 6) is -0.955. The molecular weight excluding hydrogens is 374 g/mol.